The first-order chi connectivity index (χ1) is 9.92. The zero-order valence-electron chi connectivity index (χ0n) is 13.0. The molecular weight excluding hydrogens is 268 g/mol. The molecule has 1 rings (SSSR count). The SMILES string of the molecule is CCCC(OC(=O)C=C(C)C)Oc1ccc(C(C)=O)cc1. The van der Waals surface area contributed by atoms with Gasteiger partial charge in [-0.1, -0.05) is 12.5 Å². The first-order valence-electron chi connectivity index (χ1n) is 7.05. The van der Waals surface area contributed by atoms with Gasteiger partial charge < -0.3 is 9.47 Å². The minimum atomic E-state index is -0.624. The Morgan fingerprint density at radius 2 is 1.76 bits per heavy atom. The van der Waals surface area contributed by atoms with E-state index in [0.717, 1.165) is 12.0 Å². The average Bonchev–Trinajstić information content (AvgIpc) is 2.38. The van der Waals surface area contributed by atoms with Gasteiger partial charge in [-0.3, -0.25) is 4.79 Å². The second-order valence-electron chi connectivity index (χ2n) is 5.08. The van der Waals surface area contributed by atoms with E-state index in [1.807, 2.05) is 20.8 Å². The third-order valence-electron chi connectivity index (χ3n) is 2.71. The number of carbonyl (C=O) groups is 2. The minimum absolute atomic E-state index is 0.00152. The van der Waals surface area contributed by atoms with Crippen LogP contribution in [0, 0.1) is 0 Å². The number of hydrogen-bond donors (Lipinski definition) is 0. The Balaban J connectivity index is 2.71. The molecule has 0 spiro atoms. The molecule has 0 fully saturated rings. The lowest BCUT2D eigenvalue weighted by Gasteiger charge is -2.18. The average molecular weight is 290 g/mol. The van der Waals surface area contributed by atoms with Crippen LogP contribution >= 0.6 is 0 Å². The monoisotopic (exact) mass is 290 g/mol. The van der Waals surface area contributed by atoms with E-state index in [1.165, 1.54) is 13.0 Å². The van der Waals surface area contributed by atoms with Gasteiger partial charge in [0, 0.05) is 18.1 Å². The molecule has 0 saturated heterocycles. The molecule has 4 heteroatoms. The fourth-order valence-electron chi connectivity index (χ4n) is 1.70. The summed E-state index contributed by atoms with van der Waals surface area (Å²) >= 11 is 0. The van der Waals surface area contributed by atoms with E-state index in [4.69, 9.17) is 9.47 Å². The molecule has 1 unspecified atom stereocenters. The number of carbonyl (C=O) groups excluding carboxylic acids is 2. The first-order valence-corrected chi connectivity index (χ1v) is 7.05. The van der Waals surface area contributed by atoms with E-state index < -0.39 is 12.3 Å². The third kappa shape index (κ3) is 6.25. The number of ketones is 1. The number of allylic oxidation sites excluding steroid dienone is 1. The summed E-state index contributed by atoms with van der Waals surface area (Å²) in [6.07, 6.45) is 2.25. The van der Waals surface area contributed by atoms with E-state index in [-0.39, 0.29) is 5.78 Å². The normalized spacial score (nSPS) is 11.4. The van der Waals surface area contributed by atoms with Crippen molar-refractivity contribution in [2.45, 2.75) is 46.8 Å². The number of esters is 1. The van der Waals surface area contributed by atoms with Crippen LogP contribution < -0.4 is 4.74 Å². The fourth-order valence-corrected chi connectivity index (χ4v) is 1.70. The lowest BCUT2D eigenvalue weighted by atomic mass is 10.1. The molecule has 0 aliphatic heterocycles. The van der Waals surface area contributed by atoms with Crippen molar-refractivity contribution in [3.63, 3.8) is 0 Å². The molecule has 0 aliphatic rings. The van der Waals surface area contributed by atoms with Gasteiger partial charge >= 0.3 is 5.97 Å². The number of benzene rings is 1. The Hall–Kier alpha value is -2.10. The highest BCUT2D eigenvalue weighted by Crippen LogP contribution is 2.17. The number of Topliss-reactive ketones (excluding diaryl/α,β-unsaturated/α-hetero) is 1. The van der Waals surface area contributed by atoms with Crippen LogP contribution in [0.25, 0.3) is 0 Å². The van der Waals surface area contributed by atoms with Gasteiger partial charge in [0.25, 0.3) is 0 Å². The van der Waals surface area contributed by atoms with E-state index in [1.54, 1.807) is 24.3 Å². The highest BCUT2D eigenvalue weighted by molar-refractivity contribution is 5.94. The molecule has 0 saturated carbocycles. The summed E-state index contributed by atoms with van der Waals surface area (Å²) in [4.78, 5) is 22.9. The van der Waals surface area contributed by atoms with Crippen LogP contribution in [0.4, 0.5) is 0 Å². The topological polar surface area (TPSA) is 52.6 Å². The zero-order valence-corrected chi connectivity index (χ0v) is 13.0. The molecular formula is C17H22O4. The van der Waals surface area contributed by atoms with Crippen molar-refractivity contribution < 1.29 is 19.1 Å². The van der Waals surface area contributed by atoms with E-state index in [9.17, 15) is 9.59 Å². The van der Waals surface area contributed by atoms with Crippen LogP contribution in [0.15, 0.2) is 35.9 Å². The summed E-state index contributed by atoms with van der Waals surface area (Å²) in [5.74, 6) is 0.166. The van der Waals surface area contributed by atoms with Crippen molar-refractivity contribution >= 4 is 11.8 Å². The summed E-state index contributed by atoms with van der Waals surface area (Å²) in [7, 11) is 0. The van der Waals surface area contributed by atoms with Crippen LogP contribution in [0.2, 0.25) is 0 Å². The van der Waals surface area contributed by atoms with Gasteiger partial charge in [-0.05, 0) is 51.5 Å². The lowest BCUT2D eigenvalue weighted by Crippen LogP contribution is -2.23. The van der Waals surface area contributed by atoms with E-state index in [0.29, 0.717) is 17.7 Å². The van der Waals surface area contributed by atoms with E-state index >= 15 is 0 Å². The highest BCUT2D eigenvalue weighted by atomic mass is 16.7. The molecule has 1 aromatic rings. The Labute approximate surface area is 125 Å². The van der Waals surface area contributed by atoms with Gasteiger partial charge in [0.2, 0.25) is 6.29 Å². The smallest absolute Gasteiger partial charge is 0.333 e. The molecule has 1 aromatic carbocycles. The van der Waals surface area contributed by atoms with Gasteiger partial charge in [0.1, 0.15) is 5.75 Å². The van der Waals surface area contributed by atoms with Crippen LogP contribution in [-0.4, -0.2) is 18.0 Å². The van der Waals surface area contributed by atoms with E-state index in [2.05, 4.69) is 0 Å². The maximum Gasteiger partial charge on any atom is 0.333 e. The van der Waals surface area contributed by atoms with Gasteiger partial charge in [-0.2, -0.15) is 0 Å². The highest BCUT2D eigenvalue weighted by Gasteiger charge is 2.14. The van der Waals surface area contributed by atoms with Crippen molar-refractivity contribution in [2.24, 2.45) is 0 Å². The van der Waals surface area contributed by atoms with Crippen molar-refractivity contribution in [1.82, 2.24) is 0 Å². The quantitative estimate of drug-likeness (QED) is 0.331. The lowest BCUT2D eigenvalue weighted by molar-refractivity contribution is -0.158. The molecule has 0 bridgehead atoms. The molecule has 114 valence electrons. The first kappa shape index (κ1) is 17.0. The van der Waals surface area contributed by atoms with Crippen molar-refractivity contribution in [2.75, 3.05) is 0 Å². The summed E-state index contributed by atoms with van der Waals surface area (Å²) in [6.45, 7) is 7.16. The predicted octanol–water partition coefficient (Wildman–Crippen LogP) is 3.90. The number of ether oxygens (including phenoxy) is 2. The molecule has 0 N–H and O–H groups in total. The Morgan fingerprint density at radius 3 is 2.24 bits per heavy atom. The molecule has 0 heterocycles. The predicted molar refractivity (Wildman–Crippen MR) is 81.3 cm³/mol. The van der Waals surface area contributed by atoms with Crippen molar-refractivity contribution in [1.29, 1.82) is 0 Å². The summed E-state index contributed by atoms with van der Waals surface area (Å²) in [5, 5.41) is 0. The van der Waals surface area contributed by atoms with Gasteiger partial charge in [0.05, 0.1) is 0 Å². The van der Waals surface area contributed by atoms with Crippen LogP contribution in [0.5, 0.6) is 5.75 Å². The largest absolute Gasteiger partial charge is 0.455 e. The number of rotatable bonds is 7. The van der Waals surface area contributed by atoms with Gasteiger partial charge in [0.15, 0.2) is 5.78 Å². The number of hydrogen-bond acceptors (Lipinski definition) is 4. The summed E-state index contributed by atoms with van der Waals surface area (Å²) in [5.41, 5.74) is 1.50. The van der Waals surface area contributed by atoms with Crippen LogP contribution in [0.1, 0.15) is 50.9 Å². The van der Waals surface area contributed by atoms with Crippen LogP contribution in [0.3, 0.4) is 0 Å². The second-order valence-corrected chi connectivity index (χ2v) is 5.08. The Kier molecular flexibility index (Phi) is 6.66. The Bertz CT molecular complexity index is 510. The molecule has 1 atom stereocenters. The standard InChI is InChI=1S/C17H22O4/c1-5-6-17(21-16(19)11-12(2)3)20-15-9-7-14(8-10-15)13(4)18/h7-11,17H,5-6H2,1-4H3. The third-order valence-corrected chi connectivity index (χ3v) is 2.71. The summed E-state index contributed by atoms with van der Waals surface area (Å²) < 4.78 is 10.9. The van der Waals surface area contributed by atoms with Crippen molar-refractivity contribution in [3.8, 4) is 5.75 Å². The fraction of sp³-hybridized carbons (Fsp3) is 0.412. The molecule has 4 nitrogen and oxygen atoms in total. The molecule has 0 aliphatic carbocycles. The minimum Gasteiger partial charge on any atom is -0.455 e. The van der Waals surface area contributed by atoms with Crippen LogP contribution in [-0.2, 0) is 9.53 Å². The van der Waals surface area contributed by atoms with Crippen molar-refractivity contribution in [3.05, 3.63) is 41.5 Å². The Morgan fingerprint density at radius 1 is 1.14 bits per heavy atom. The molecule has 0 aromatic heterocycles. The van der Waals surface area contributed by atoms with Gasteiger partial charge in [-0.15, -0.1) is 0 Å². The second kappa shape index (κ2) is 8.25. The summed E-state index contributed by atoms with van der Waals surface area (Å²) in [6, 6.07) is 6.79. The zero-order chi connectivity index (χ0) is 15.8. The maximum atomic E-state index is 11.6. The molecule has 21 heavy (non-hydrogen) atoms. The molecule has 0 amide bonds. The maximum absolute atomic E-state index is 11.6. The molecule has 0 radical (unpaired) electrons. The van der Waals surface area contributed by atoms with Gasteiger partial charge in [-0.25, -0.2) is 4.79 Å².